The Labute approximate surface area is 169 Å². The van der Waals surface area contributed by atoms with Crippen LogP contribution in [0, 0.1) is 17.5 Å². The molecule has 2 atom stereocenters. The van der Waals surface area contributed by atoms with Crippen molar-refractivity contribution in [1.82, 2.24) is 0 Å². The number of nitrogens with two attached hydrogens (primary N) is 1. The topological polar surface area (TPSA) is 47.3 Å². The van der Waals surface area contributed by atoms with Crippen LogP contribution in [0.25, 0.3) is 0 Å². The van der Waals surface area contributed by atoms with Crippen LogP contribution in [0.2, 0.25) is 0 Å². The molecule has 2 aromatic carbocycles. The van der Waals surface area contributed by atoms with Gasteiger partial charge in [-0.25, -0.2) is 13.2 Å². The van der Waals surface area contributed by atoms with Crippen LogP contribution >= 0.6 is 0 Å². The Hall–Kier alpha value is -2.68. The number of hydrogen-bond acceptors (Lipinski definition) is 3. The molecule has 30 heavy (non-hydrogen) atoms. The van der Waals surface area contributed by atoms with Gasteiger partial charge in [-0.3, -0.25) is 0 Å². The predicted octanol–water partition coefficient (Wildman–Crippen LogP) is 5.37. The van der Waals surface area contributed by atoms with Gasteiger partial charge in [-0.2, -0.15) is 13.2 Å². The largest absolute Gasteiger partial charge is 0.497 e. The van der Waals surface area contributed by atoms with Crippen LogP contribution in [0.1, 0.15) is 29.9 Å². The molecule has 0 aromatic heterocycles. The minimum Gasteiger partial charge on any atom is -0.497 e. The van der Waals surface area contributed by atoms with Crippen LogP contribution in [-0.2, 0) is 6.18 Å². The standard InChI is InChI=1S/C21H20F6N2O/c1-30-14-8-12(21(25,26)27)7-13(9-14)29-10-11-2-3-15(18(28)6-11)16-4-5-17(22)20(24)19(16)23/h2,4-5,7-9,15,18,29H,3,6,10,28H2,1H3. The fourth-order valence-electron chi connectivity index (χ4n) is 3.52. The molecular formula is C21H20F6N2O. The zero-order valence-electron chi connectivity index (χ0n) is 16.0. The van der Waals surface area contributed by atoms with Crippen molar-refractivity contribution in [2.75, 3.05) is 19.0 Å². The van der Waals surface area contributed by atoms with Crippen molar-refractivity contribution in [3.8, 4) is 5.75 Å². The van der Waals surface area contributed by atoms with E-state index >= 15 is 0 Å². The van der Waals surface area contributed by atoms with E-state index in [1.54, 1.807) is 6.08 Å². The molecule has 0 saturated heterocycles. The molecule has 162 valence electrons. The number of hydrogen-bond donors (Lipinski definition) is 2. The van der Waals surface area contributed by atoms with Crippen LogP contribution in [0.5, 0.6) is 5.75 Å². The number of benzene rings is 2. The number of halogens is 6. The minimum atomic E-state index is -4.51. The summed E-state index contributed by atoms with van der Waals surface area (Å²) in [5.74, 6) is -4.51. The molecule has 0 bridgehead atoms. The Kier molecular flexibility index (Phi) is 6.30. The molecule has 1 aliphatic rings. The first-order valence-electron chi connectivity index (χ1n) is 9.17. The third-order valence-electron chi connectivity index (χ3n) is 5.13. The van der Waals surface area contributed by atoms with Gasteiger partial charge in [0.2, 0.25) is 0 Å². The van der Waals surface area contributed by atoms with E-state index in [2.05, 4.69) is 5.32 Å². The molecule has 0 aliphatic heterocycles. The molecule has 3 N–H and O–H groups in total. The average Bonchev–Trinajstić information content (AvgIpc) is 2.70. The third kappa shape index (κ3) is 4.72. The SMILES string of the molecule is COc1cc(NCC2=CCC(c3ccc(F)c(F)c3F)C(N)C2)cc(C(F)(F)F)c1. The van der Waals surface area contributed by atoms with Crippen LogP contribution < -0.4 is 15.8 Å². The molecule has 0 radical (unpaired) electrons. The number of ether oxygens (including phenoxy) is 1. The van der Waals surface area contributed by atoms with Gasteiger partial charge in [-0.15, -0.1) is 0 Å². The molecule has 3 nitrogen and oxygen atoms in total. The number of alkyl halides is 3. The maximum Gasteiger partial charge on any atom is 0.416 e. The van der Waals surface area contributed by atoms with Crippen molar-refractivity contribution >= 4 is 5.69 Å². The van der Waals surface area contributed by atoms with Crippen molar-refractivity contribution < 1.29 is 31.1 Å². The summed E-state index contributed by atoms with van der Waals surface area (Å²) in [6, 6.07) is 4.82. The van der Waals surface area contributed by atoms with E-state index in [1.807, 2.05) is 0 Å². The maximum absolute atomic E-state index is 14.1. The smallest absolute Gasteiger partial charge is 0.416 e. The predicted molar refractivity (Wildman–Crippen MR) is 101 cm³/mol. The van der Waals surface area contributed by atoms with Gasteiger partial charge in [0.15, 0.2) is 17.5 Å². The number of allylic oxidation sites excluding steroid dienone is 1. The number of rotatable bonds is 5. The van der Waals surface area contributed by atoms with Crippen molar-refractivity contribution in [2.24, 2.45) is 5.73 Å². The van der Waals surface area contributed by atoms with Gasteiger partial charge in [-0.1, -0.05) is 17.7 Å². The molecular weight excluding hydrogens is 410 g/mol. The van der Waals surface area contributed by atoms with E-state index in [1.165, 1.54) is 19.2 Å². The molecule has 2 unspecified atom stereocenters. The Morgan fingerprint density at radius 2 is 1.83 bits per heavy atom. The summed E-state index contributed by atoms with van der Waals surface area (Å²) < 4.78 is 84.8. The molecule has 0 heterocycles. The second kappa shape index (κ2) is 8.59. The summed E-state index contributed by atoms with van der Waals surface area (Å²) in [6.07, 6.45) is -2.11. The van der Waals surface area contributed by atoms with Gasteiger partial charge >= 0.3 is 6.18 Å². The van der Waals surface area contributed by atoms with Crippen molar-refractivity contribution in [1.29, 1.82) is 0 Å². The molecule has 3 rings (SSSR count). The second-order valence-electron chi connectivity index (χ2n) is 7.14. The summed E-state index contributed by atoms with van der Waals surface area (Å²) in [5.41, 5.74) is 6.34. The number of anilines is 1. The molecule has 2 aromatic rings. The highest BCUT2D eigenvalue weighted by atomic mass is 19.4. The summed E-state index contributed by atoms with van der Waals surface area (Å²) in [4.78, 5) is 0. The number of nitrogens with one attached hydrogen (secondary N) is 1. The van der Waals surface area contributed by atoms with Gasteiger partial charge < -0.3 is 15.8 Å². The lowest BCUT2D eigenvalue weighted by Crippen LogP contribution is -2.33. The van der Waals surface area contributed by atoms with Gasteiger partial charge in [-0.05, 0) is 36.6 Å². The minimum absolute atomic E-state index is 0.00674. The monoisotopic (exact) mass is 430 g/mol. The first-order valence-corrected chi connectivity index (χ1v) is 9.17. The van der Waals surface area contributed by atoms with E-state index in [0.717, 1.165) is 23.8 Å². The Balaban J connectivity index is 1.72. The van der Waals surface area contributed by atoms with E-state index in [0.29, 0.717) is 12.8 Å². The fourth-order valence-corrected chi connectivity index (χ4v) is 3.52. The van der Waals surface area contributed by atoms with Gasteiger partial charge in [0, 0.05) is 30.3 Å². The lowest BCUT2D eigenvalue weighted by molar-refractivity contribution is -0.137. The van der Waals surface area contributed by atoms with Crippen LogP contribution in [0.15, 0.2) is 42.0 Å². The maximum atomic E-state index is 14.1. The van der Waals surface area contributed by atoms with Crippen molar-refractivity contribution in [3.05, 3.63) is 70.6 Å². The quantitative estimate of drug-likeness (QED) is 0.381. The van der Waals surface area contributed by atoms with Crippen molar-refractivity contribution in [3.63, 3.8) is 0 Å². The Morgan fingerprint density at radius 3 is 2.47 bits per heavy atom. The van der Waals surface area contributed by atoms with Gasteiger partial charge in [0.1, 0.15) is 5.75 Å². The molecule has 1 aliphatic carbocycles. The fraction of sp³-hybridized carbons (Fsp3) is 0.333. The molecule has 0 fully saturated rings. The van der Waals surface area contributed by atoms with E-state index in [4.69, 9.17) is 10.5 Å². The van der Waals surface area contributed by atoms with Gasteiger partial charge in [0.05, 0.1) is 12.7 Å². The molecule has 0 spiro atoms. The Bertz CT molecular complexity index is 957. The Morgan fingerprint density at radius 1 is 1.10 bits per heavy atom. The highest BCUT2D eigenvalue weighted by Crippen LogP contribution is 2.36. The first-order chi connectivity index (χ1) is 14.1. The normalized spacial score (nSPS) is 19.4. The van der Waals surface area contributed by atoms with Gasteiger partial charge in [0.25, 0.3) is 0 Å². The zero-order valence-corrected chi connectivity index (χ0v) is 16.0. The van der Waals surface area contributed by atoms with E-state index < -0.39 is 41.2 Å². The highest BCUT2D eigenvalue weighted by molar-refractivity contribution is 5.53. The van der Waals surface area contributed by atoms with Crippen LogP contribution in [0.4, 0.5) is 32.0 Å². The third-order valence-corrected chi connectivity index (χ3v) is 5.13. The lowest BCUT2D eigenvalue weighted by atomic mass is 9.80. The van der Waals surface area contributed by atoms with Crippen LogP contribution in [-0.4, -0.2) is 19.7 Å². The average molecular weight is 430 g/mol. The van der Waals surface area contributed by atoms with E-state index in [-0.39, 0.29) is 23.5 Å². The zero-order chi connectivity index (χ0) is 22.1. The summed E-state index contributed by atoms with van der Waals surface area (Å²) >= 11 is 0. The highest BCUT2D eigenvalue weighted by Gasteiger charge is 2.32. The lowest BCUT2D eigenvalue weighted by Gasteiger charge is -2.29. The number of methoxy groups -OCH3 is 1. The first kappa shape index (κ1) is 22.0. The van der Waals surface area contributed by atoms with E-state index in [9.17, 15) is 26.3 Å². The molecule has 9 heteroatoms. The summed E-state index contributed by atoms with van der Waals surface area (Å²) in [5, 5.41) is 2.92. The molecule has 0 amide bonds. The summed E-state index contributed by atoms with van der Waals surface area (Å²) in [6.45, 7) is 0.227. The molecule has 0 saturated carbocycles. The van der Waals surface area contributed by atoms with Crippen molar-refractivity contribution in [2.45, 2.75) is 31.0 Å². The second-order valence-corrected chi connectivity index (χ2v) is 7.14. The van der Waals surface area contributed by atoms with Crippen LogP contribution in [0.3, 0.4) is 0 Å². The summed E-state index contributed by atoms with van der Waals surface area (Å²) in [7, 11) is 1.28.